The van der Waals surface area contributed by atoms with Gasteiger partial charge in [0, 0.05) is 37.2 Å². The molecule has 2 aromatic rings. The van der Waals surface area contributed by atoms with Crippen molar-refractivity contribution >= 4 is 44.9 Å². The minimum atomic E-state index is -8.15. The average molecular weight is 1260 g/mol. The maximum atomic E-state index is 14.5. The van der Waals surface area contributed by atoms with Crippen molar-refractivity contribution in [2.75, 3.05) is 25.7 Å². The summed E-state index contributed by atoms with van der Waals surface area (Å²) in [4.78, 5) is 45.7. The Kier molecular flexibility index (Phi) is 22.1. The lowest BCUT2D eigenvalue weighted by molar-refractivity contribution is -0.440. The summed E-state index contributed by atoms with van der Waals surface area (Å²) in [5, 5.41) is 23.3. The van der Waals surface area contributed by atoms with E-state index in [4.69, 9.17) is 18.9 Å². The Bertz CT molecular complexity index is 2360. The van der Waals surface area contributed by atoms with Crippen molar-refractivity contribution < 1.29 is 153 Å². The molecule has 0 aliphatic carbocycles. The van der Waals surface area contributed by atoms with E-state index >= 15 is 0 Å². The molecule has 0 amide bonds. The van der Waals surface area contributed by atoms with Crippen molar-refractivity contribution in [2.45, 2.75) is 136 Å². The number of nitrogens with zero attached hydrogens (tertiary/aromatic N) is 2. The van der Waals surface area contributed by atoms with Crippen LogP contribution in [0.3, 0.4) is 0 Å². The van der Waals surface area contributed by atoms with Crippen LogP contribution in [0.1, 0.15) is 60.8 Å². The van der Waals surface area contributed by atoms with Crippen LogP contribution in [0, 0.1) is 20.2 Å². The Morgan fingerprint density at radius 1 is 0.438 bits per heavy atom. The maximum Gasteiger partial charge on any atom is 0.460 e. The largest absolute Gasteiger partial charge is 0.496 e. The first-order valence-electron chi connectivity index (χ1n) is 21.1. The van der Waals surface area contributed by atoms with E-state index in [1.807, 2.05) is 0 Å². The number of hydrogen-bond donors (Lipinski definition) is 0. The summed E-state index contributed by atoms with van der Waals surface area (Å²) in [6.07, 6.45) is -25.1. The molecule has 0 aliphatic rings. The molecule has 0 aliphatic heterocycles. The Morgan fingerprint density at radius 3 is 0.963 bits per heavy atom. The number of benzene rings is 2. The van der Waals surface area contributed by atoms with Crippen LogP contribution in [-0.4, -0.2) is 119 Å². The van der Waals surface area contributed by atoms with Gasteiger partial charge in [-0.25, -0.2) is 0 Å². The lowest BCUT2D eigenvalue weighted by atomic mass is 9.90. The van der Waals surface area contributed by atoms with Crippen LogP contribution in [0.2, 0.25) is 0 Å². The second kappa shape index (κ2) is 25.0. The first kappa shape index (κ1) is 70.8. The van der Waals surface area contributed by atoms with Gasteiger partial charge in [-0.15, -0.1) is 0 Å². The van der Waals surface area contributed by atoms with Gasteiger partial charge in [0.1, 0.15) is 24.7 Å². The number of esters is 2. The SMILES string of the molecule is COc1cc([N+](=O)[O-])c(COC(=O)CCCSSCCCC(=O)OCc2cc(CCC(F)(F)C(F)(F)C(F)(F)C(F)(F)C(F)(F)C(F)(F)F)c(OC)cc2[N+](=O)[O-])cc1CCC(F)(F)C(F)(F)C(F)(F)C(F)(F)C(F)(F)C(F)(F)F. The van der Waals surface area contributed by atoms with Crippen molar-refractivity contribution in [1.29, 1.82) is 0 Å². The molecule has 0 aromatic heterocycles. The summed E-state index contributed by atoms with van der Waals surface area (Å²) in [6.45, 7) is -2.22. The van der Waals surface area contributed by atoms with Crippen LogP contribution in [-0.2, 0) is 45.1 Å². The molecule has 0 heterocycles. The van der Waals surface area contributed by atoms with Crippen molar-refractivity contribution in [3.05, 3.63) is 66.7 Å². The molecule has 0 N–H and O–H groups in total. The molecule has 0 atom stereocenters. The highest BCUT2D eigenvalue weighted by Gasteiger charge is 2.92. The molecule has 80 heavy (non-hydrogen) atoms. The van der Waals surface area contributed by atoms with Crippen LogP contribution < -0.4 is 9.47 Å². The summed E-state index contributed by atoms with van der Waals surface area (Å²) in [5.74, 6) is -80.3. The number of rotatable bonds is 31. The summed E-state index contributed by atoms with van der Waals surface area (Å²) in [7, 11) is 3.46. The molecule has 458 valence electrons. The van der Waals surface area contributed by atoms with Crippen molar-refractivity contribution in [3.8, 4) is 11.5 Å². The van der Waals surface area contributed by atoms with Crippen LogP contribution in [0.25, 0.3) is 0 Å². The number of nitro groups is 2. The Hall–Kier alpha value is -5.34. The van der Waals surface area contributed by atoms with E-state index in [0.29, 0.717) is 38.5 Å². The van der Waals surface area contributed by atoms with Crippen LogP contribution in [0.5, 0.6) is 11.5 Å². The van der Waals surface area contributed by atoms with E-state index < -0.39 is 190 Å². The van der Waals surface area contributed by atoms with Crippen LogP contribution in [0.15, 0.2) is 24.3 Å². The first-order valence-corrected chi connectivity index (χ1v) is 23.6. The third-order valence-corrected chi connectivity index (χ3v) is 13.4. The first-order chi connectivity index (χ1) is 35.9. The summed E-state index contributed by atoms with van der Waals surface area (Å²) in [5.41, 5.74) is -5.18. The smallest absolute Gasteiger partial charge is 0.460 e. The fraction of sp³-hybridized carbons (Fsp3) is 0.650. The number of carbonyl (C=O) groups excluding carboxylic acids is 2. The number of alkyl halides is 26. The standard InChI is InChI=1S/C40H34F26N2O10S2/c1-75-25-15-23(67(71)72)21(13-19(25)7-9-29(41,42)31(45,46)33(49,50)35(53,54)37(57,58)39(61,62)63)17-77-27(69)5-3-11-79-80-12-4-6-28(70)78-18-22-14-20(26(76-2)16-24(22)68(73)74)8-10-30(43,44)32(47,48)34(51,52)36(55,56)38(59,60)40(64,65)66/h13-16H,3-12,17-18H2,1-2H3. The van der Waals surface area contributed by atoms with Gasteiger partial charge < -0.3 is 18.9 Å². The molecule has 0 unspecified atom stereocenters. The number of halogens is 26. The molecule has 0 bridgehead atoms. The zero-order valence-electron chi connectivity index (χ0n) is 39.4. The Morgan fingerprint density at radius 2 is 0.713 bits per heavy atom. The summed E-state index contributed by atoms with van der Waals surface area (Å²) >= 11 is 0. The number of methoxy groups -OCH3 is 2. The quantitative estimate of drug-likeness (QED) is 0.0176. The van der Waals surface area contributed by atoms with Gasteiger partial charge in [0.2, 0.25) is 0 Å². The van der Waals surface area contributed by atoms with E-state index in [2.05, 4.69) is 0 Å². The normalized spacial score (nSPS) is 14.0. The maximum absolute atomic E-state index is 14.5. The third kappa shape index (κ3) is 14.3. The predicted molar refractivity (Wildman–Crippen MR) is 220 cm³/mol. The number of ether oxygens (including phenoxy) is 4. The van der Waals surface area contributed by atoms with Crippen molar-refractivity contribution in [2.24, 2.45) is 0 Å². The van der Waals surface area contributed by atoms with Crippen LogP contribution >= 0.6 is 21.6 Å². The van der Waals surface area contributed by atoms with E-state index in [-0.39, 0.29) is 24.3 Å². The van der Waals surface area contributed by atoms with E-state index in [0.717, 1.165) is 21.6 Å². The second-order valence-electron chi connectivity index (χ2n) is 16.3. The zero-order valence-corrected chi connectivity index (χ0v) is 41.0. The number of nitro benzene ring substituents is 2. The van der Waals surface area contributed by atoms with Gasteiger partial charge in [-0.1, -0.05) is 21.6 Å². The van der Waals surface area contributed by atoms with Crippen molar-refractivity contribution in [1.82, 2.24) is 0 Å². The second-order valence-corrected chi connectivity index (χ2v) is 19.0. The van der Waals surface area contributed by atoms with Crippen LogP contribution in [0.4, 0.5) is 126 Å². The van der Waals surface area contributed by atoms with Gasteiger partial charge in [-0.05, 0) is 48.9 Å². The molecule has 0 saturated heterocycles. The van der Waals surface area contributed by atoms with Gasteiger partial charge in [0.15, 0.2) is 0 Å². The molecule has 0 spiro atoms. The summed E-state index contributed by atoms with van der Waals surface area (Å²) in [6, 6.07) is 1.77. The Balaban J connectivity index is 2.01. The highest BCUT2D eigenvalue weighted by atomic mass is 33.1. The minimum Gasteiger partial charge on any atom is -0.496 e. The summed E-state index contributed by atoms with van der Waals surface area (Å²) < 4.78 is 372. The highest BCUT2D eigenvalue weighted by Crippen LogP contribution is 2.63. The van der Waals surface area contributed by atoms with Gasteiger partial charge in [-0.2, -0.15) is 114 Å². The average Bonchev–Trinajstić information content (AvgIpc) is 3.32. The van der Waals surface area contributed by atoms with Gasteiger partial charge in [0.05, 0.1) is 47.3 Å². The van der Waals surface area contributed by atoms with E-state index in [1.165, 1.54) is 0 Å². The molecule has 0 saturated carbocycles. The number of hydrogen-bond acceptors (Lipinski definition) is 12. The zero-order chi connectivity index (χ0) is 62.5. The lowest BCUT2D eigenvalue weighted by Crippen LogP contribution is -2.70. The van der Waals surface area contributed by atoms with Crippen molar-refractivity contribution in [3.63, 3.8) is 0 Å². The molecule has 0 radical (unpaired) electrons. The fourth-order valence-electron chi connectivity index (χ4n) is 6.30. The molecule has 2 aromatic carbocycles. The molecule has 0 fully saturated rings. The predicted octanol–water partition coefficient (Wildman–Crippen LogP) is 14.6. The topological polar surface area (TPSA) is 157 Å². The minimum absolute atomic E-state index is 0.0393. The van der Waals surface area contributed by atoms with Gasteiger partial charge >= 0.3 is 83.5 Å². The fourth-order valence-corrected chi connectivity index (χ4v) is 8.48. The molecule has 12 nitrogen and oxygen atoms in total. The molecular formula is C40H34F26N2O10S2. The molecular weight excluding hydrogens is 1230 g/mol. The number of carbonyl (C=O) groups is 2. The monoisotopic (exact) mass is 1260 g/mol. The van der Waals surface area contributed by atoms with Gasteiger partial charge in [-0.3, -0.25) is 29.8 Å². The third-order valence-electron chi connectivity index (χ3n) is 10.8. The Labute approximate surface area is 437 Å². The molecule has 2 rings (SSSR count). The highest BCUT2D eigenvalue weighted by molar-refractivity contribution is 8.76. The van der Waals surface area contributed by atoms with E-state index in [1.54, 1.807) is 0 Å². The number of aryl methyl sites for hydroxylation is 2. The molecule has 40 heteroatoms. The lowest BCUT2D eigenvalue weighted by Gasteiger charge is -2.39. The van der Waals surface area contributed by atoms with Gasteiger partial charge in [0.25, 0.3) is 11.4 Å². The van der Waals surface area contributed by atoms with E-state index in [9.17, 15) is 144 Å².